The summed E-state index contributed by atoms with van der Waals surface area (Å²) < 4.78 is 43.9. The third-order valence-electron chi connectivity index (χ3n) is 3.61. The minimum Gasteiger partial charge on any atom is -0.464 e. The minimum absolute atomic E-state index is 0.0410. The molecule has 146 valence electrons. The summed E-state index contributed by atoms with van der Waals surface area (Å²) in [5.41, 5.74) is -1.14. The number of nitrogens with one attached hydrogen (secondary N) is 1. The van der Waals surface area contributed by atoms with E-state index in [9.17, 15) is 22.8 Å². The molecule has 0 saturated heterocycles. The van der Waals surface area contributed by atoms with E-state index in [1.165, 1.54) is 35.6 Å². The van der Waals surface area contributed by atoms with Crippen molar-refractivity contribution in [1.29, 1.82) is 0 Å². The fourth-order valence-electron chi connectivity index (χ4n) is 2.24. The Kier molecular flexibility index (Phi) is 6.42. The molecular weight excluding hydrogens is 383 g/mol. The van der Waals surface area contributed by atoms with Crippen LogP contribution in [-0.4, -0.2) is 35.0 Å². The second-order valence-electron chi connectivity index (χ2n) is 5.81. The summed E-state index contributed by atoms with van der Waals surface area (Å²) in [4.78, 5) is 29.5. The topological polar surface area (TPSA) is 71.5 Å². The number of anilines is 1. The van der Waals surface area contributed by atoms with Crippen LogP contribution in [0.15, 0.2) is 29.6 Å². The molecule has 0 atom stereocenters. The number of nitrogens with zero attached hydrogens (tertiary/aromatic N) is 2. The fraction of sp³-hybridized carbons (Fsp3) is 0.353. The molecule has 10 heteroatoms. The van der Waals surface area contributed by atoms with Gasteiger partial charge < -0.3 is 15.0 Å². The summed E-state index contributed by atoms with van der Waals surface area (Å²) in [5.74, 6) is -0.600. The molecule has 6 nitrogen and oxygen atoms in total. The third-order valence-corrected chi connectivity index (χ3v) is 4.44. The van der Waals surface area contributed by atoms with Gasteiger partial charge in [-0.25, -0.2) is 14.6 Å². The lowest BCUT2D eigenvalue weighted by molar-refractivity contribution is -0.136. The van der Waals surface area contributed by atoms with Gasteiger partial charge in [-0.05, 0) is 26.0 Å². The molecule has 1 N–H and O–H groups in total. The van der Waals surface area contributed by atoms with Gasteiger partial charge >= 0.3 is 18.2 Å². The zero-order valence-corrected chi connectivity index (χ0v) is 15.6. The summed E-state index contributed by atoms with van der Waals surface area (Å²) in [6.07, 6.45) is -4.59. The van der Waals surface area contributed by atoms with Crippen LogP contribution in [0.1, 0.15) is 34.9 Å². The van der Waals surface area contributed by atoms with E-state index in [0.717, 1.165) is 17.4 Å². The molecule has 27 heavy (non-hydrogen) atoms. The second kappa shape index (κ2) is 8.38. The van der Waals surface area contributed by atoms with Gasteiger partial charge in [0.1, 0.15) is 5.01 Å². The maximum Gasteiger partial charge on any atom is 0.418 e. The molecule has 0 saturated carbocycles. The van der Waals surface area contributed by atoms with Gasteiger partial charge in [-0.1, -0.05) is 12.1 Å². The van der Waals surface area contributed by atoms with Crippen molar-refractivity contribution in [2.75, 3.05) is 12.4 Å². The maximum absolute atomic E-state index is 13.1. The SMILES string of the molecule is COC(=O)c1csc(CN(C(=O)Nc2ccccc2C(F)(F)F)C(C)C)n1. The van der Waals surface area contributed by atoms with E-state index in [1.807, 2.05) is 0 Å². The van der Waals surface area contributed by atoms with Crippen LogP contribution in [0, 0.1) is 0 Å². The molecule has 0 aliphatic carbocycles. The summed E-state index contributed by atoms with van der Waals surface area (Å²) in [5, 5.41) is 4.27. The molecule has 0 aliphatic rings. The van der Waals surface area contributed by atoms with Crippen molar-refractivity contribution in [1.82, 2.24) is 9.88 Å². The van der Waals surface area contributed by atoms with Crippen LogP contribution in [0.5, 0.6) is 0 Å². The number of rotatable bonds is 5. The largest absolute Gasteiger partial charge is 0.464 e. The Morgan fingerprint density at radius 1 is 1.30 bits per heavy atom. The lowest BCUT2D eigenvalue weighted by Crippen LogP contribution is -2.39. The Balaban J connectivity index is 2.19. The first-order valence-electron chi connectivity index (χ1n) is 7.90. The van der Waals surface area contributed by atoms with E-state index < -0.39 is 23.7 Å². The quantitative estimate of drug-likeness (QED) is 0.755. The number of ether oxygens (including phenoxy) is 1. The van der Waals surface area contributed by atoms with Crippen LogP contribution in [0.25, 0.3) is 0 Å². The molecule has 0 spiro atoms. The predicted molar refractivity (Wildman–Crippen MR) is 94.6 cm³/mol. The zero-order valence-electron chi connectivity index (χ0n) is 14.8. The number of urea groups is 1. The molecule has 0 unspecified atom stereocenters. The first-order valence-corrected chi connectivity index (χ1v) is 8.78. The van der Waals surface area contributed by atoms with Gasteiger partial charge in [0.05, 0.1) is 24.9 Å². The van der Waals surface area contributed by atoms with E-state index in [2.05, 4.69) is 15.0 Å². The standard InChI is InChI=1S/C17H18F3N3O3S/c1-10(2)23(8-14-21-13(9-27-14)15(24)26-3)16(25)22-12-7-5-4-6-11(12)17(18,19)20/h4-7,9-10H,8H2,1-3H3,(H,22,25). The maximum atomic E-state index is 13.1. The Bertz CT molecular complexity index is 821. The Hall–Kier alpha value is -2.62. The smallest absolute Gasteiger partial charge is 0.418 e. The highest BCUT2D eigenvalue weighted by atomic mass is 32.1. The van der Waals surface area contributed by atoms with Crippen molar-refractivity contribution in [2.45, 2.75) is 32.6 Å². The number of esters is 1. The minimum atomic E-state index is -4.59. The molecule has 0 bridgehead atoms. The van der Waals surface area contributed by atoms with E-state index in [4.69, 9.17) is 0 Å². The molecule has 1 heterocycles. The summed E-state index contributed by atoms with van der Waals surface area (Å²) in [6.45, 7) is 3.49. The summed E-state index contributed by atoms with van der Waals surface area (Å²) in [6, 6.07) is 3.75. The highest BCUT2D eigenvalue weighted by Gasteiger charge is 2.34. The number of aromatic nitrogens is 1. The van der Waals surface area contributed by atoms with E-state index in [0.29, 0.717) is 5.01 Å². The highest BCUT2D eigenvalue weighted by Crippen LogP contribution is 2.34. The van der Waals surface area contributed by atoms with Crippen molar-refractivity contribution in [3.63, 3.8) is 0 Å². The summed E-state index contributed by atoms with van der Waals surface area (Å²) in [7, 11) is 1.23. The zero-order chi connectivity index (χ0) is 20.2. The van der Waals surface area contributed by atoms with Gasteiger partial charge in [0.15, 0.2) is 5.69 Å². The normalized spacial score (nSPS) is 11.4. The number of para-hydroxylation sites is 1. The van der Waals surface area contributed by atoms with Crippen molar-refractivity contribution >= 4 is 29.0 Å². The molecule has 0 radical (unpaired) electrons. The number of thiazole rings is 1. The van der Waals surface area contributed by atoms with Crippen LogP contribution in [-0.2, 0) is 17.5 Å². The monoisotopic (exact) mass is 401 g/mol. The lowest BCUT2D eigenvalue weighted by atomic mass is 10.1. The number of hydrogen-bond acceptors (Lipinski definition) is 5. The van der Waals surface area contributed by atoms with Crippen molar-refractivity contribution < 1.29 is 27.5 Å². The fourth-order valence-corrected chi connectivity index (χ4v) is 3.00. The van der Waals surface area contributed by atoms with E-state index in [-0.39, 0.29) is 24.0 Å². The number of hydrogen-bond donors (Lipinski definition) is 1. The number of alkyl halides is 3. The Labute approximate surface area is 158 Å². The molecular formula is C17H18F3N3O3S. The highest BCUT2D eigenvalue weighted by molar-refractivity contribution is 7.09. The molecule has 0 fully saturated rings. The number of carbonyl (C=O) groups excluding carboxylic acids is 2. The molecule has 1 aromatic heterocycles. The van der Waals surface area contributed by atoms with Gasteiger partial charge in [0.25, 0.3) is 0 Å². The average Bonchev–Trinajstić information content (AvgIpc) is 3.07. The molecule has 2 rings (SSSR count). The van der Waals surface area contributed by atoms with Crippen LogP contribution in [0.2, 0.25) is 0 Å². The van der Waals surface area contributed by atoms with Crippen molar-refractivity contribution in [3.05, 3.63) is 45.9 Å². The molecule has 2 aromatic rings. The van der Waals surface area contributed by atoms with Crippen LogP contribution >= 0.6 is 11.3 Å². The predicted octanol–water partition coefficient (Wildman–Crippen LogP) is 4.39. The number of halogens is 3. The second-order valence-corrected chi connectivity index (χ2v) is 6.76. The van der Waals surface area contributed by atoms with Crippen LogP contribution in [0.3, 0.4) is 0 Å². The van der Waals surface area contributed by atoms with Crippen molar-refractivity contribution in [2.24, 2.45) is 0 Å². The van der Waals surface area contributed by atoms with Gasteiger partial charge in [-0.3, -0.25) is 0 Å². The molecule has 2 amide bonds. The number of amides is 2. The van der Waals surface area contributed by atoms with Gasteiger partial charge in [0, 0.05) is 11.4 Å². The molecule has 1 aromatic carbocycles. The third kappa shape index (κ3) is 5.19. The van der Waals surface area contributed by atoms with Crippen molar-refractivity contribution in [3.8, 4) is 0 Å². The Morgan fingerprint density at radius 3 is 2.56 bits per heavy atom. The van der Waals surface area contributed by atoms with Gasteiger partial charge in [-0.15, -0.1) is 11.3 Å². The molecule has 0 aliphatic heterocycles. The number of benzene rings is 1. The van der Waals surface area contributed by atoms with Crippen LogP contribution in [0.4, 0.5) is 23.7 Å². The number of carbonyl (C=O) groups is 2. The van der Waals surface area contributed by atoms with Gasteiger partial charge in [0.2, 0.25) is 0 Å². The first kappa shape index (κ1) is 20.7. The lowest BCUT2D eigenvalue weighted by Gasteiger charge is -2.26. The average molecular weight is 401 g/mol. The van der Waals surface area contributed by atoms with Crippen LogP contribution < -0.4 is 5.32 Å². The Morgan fingerprint density at radius 2 is 1.96 bits per heavy atom. The van der Waals surface area contributed by atoms with E-state index >= 15 is 0 Å². The number of methoxy groups -OCH3 is 1. The first-order chi connectivity index (χ1) is 12.6. The van der Waals surface area contributed by atoms with Gasteiger partial charge in [-0.2, -0.15) is 13.2 Å². The summed E-state index contributed by atoms with van der Waals surface area (Å²) >= 11 is 1.16. The van der Waals surface area contributed by atoms with E-state index in [1.54, 1.807) is 13.8 Å².